The van der Waals surface area contributed by atoms with E-state index in [2.05, 4.69) is 9.97 Å². The second-order valence-electron chi connectivity index (χ2n) is 6.78. The van der Waals surface area contributed by atoms with E-state index in [0.29, 0.717) is 41.8 Å². The van der Waals surface area contributed by atoms with Gasteiger partial charge in [0.2, 0.25) is 0 Å². The first-order valence-electron chi connectivity index (χ1n) is 9.19. The normalized spacial score (nSPS) is 16.4. The SMILES string of the molecule is COc1ccc(C(=O)N2CCC[C@H](Oc3nccnc3N(C)C)C2)cc1OC. The predicted octanol–water partition coefficient (Wildman–Crippen LogP) is 2.24. The van der Waals surface area contributed by atoms with E-state index in [9.17, 15) is 4.79 Å². The Morgan fingerprint density at radius 1 is 1.14 bits per heavy atom. The molecule has 150 valence electrons. The number of rotatable bonds is 6. The zero-order valence-corrected chi connectivity index (χ0v) is 16.7. The molecule has 1 amide bonds. The Labute approximate surface area is 165 Å². The molecule has 0 saturated carbocycles. The molecule has 1 fully saturated rings. The van der Waals surface area contributed by atoms with Gasteiger partial charge in [-0.25, -0.2) is 9.97 Å². The second kappa shape index (κ2) is 8.77. The monoisotopic (exact) mass is 386 g/mol. The van der Waals surface area contributed by atoms with Crippen molar-refractivity contribution < 1.29 is 19.0 Å². The minimum absolute atomic E-state index is 0.0544. The predicted molar refractivity (Wildman–Crippen MR) is 105 cm³/mol. The molecule has 1 aromatic heterocycles. The Balaban J connectivity index is 1.72. The summed E-state index contributed by atoms with van der Waals surface area (Å²) in [5.41, 5.74) is 0.562. The molecular formula is C20H26N4O4. The van der Waals surface area contributed by atoms with Crippen molar-refractivity contribution in [3.63, 3.8) is 0 Å². The molecule has 3 rings (SSSR count). The topological polar surface area (TPSA) is 77.0 Å². The summed E-state index contributed by atoms with van der Waals surface area (Å²) in [6.45, 7) is 1.19. The number of benzene rings is 1. The molecule has 2 heterocycles. The average molecular weight is 386 g/mol. The molecule has 8 nitrogen and oxygen atoms in total. The molecule has 1 atom stereocenters. The fourth-order valence-electron chi connectivity index (χ4n) is 3.24. The van der Waals surface area contributed by atoms with Gasteiger partial charge in [0.1, 0.15) is 6.10 Å². The number of hydrogen-bond donors (Lipinski definition) is 0. The van der Waals surface area contributed by atoms with E-state index in [4.69, 9.17) is 14.2 Å². The van der Waals surface area contributed by atoms with Crippen LogP contribution in [0.25, 0.3) is 0 Å². The van der Waals surface area contributed by atoms with Gasteiger partial charge in [0.25, 0.3) is 11.8 Å². The number of methoxy groups -OCH3 is 2. The summed E-state index contributed by atoms with van der Waals surface area (Å²) >= 11 is 0. The summed E-state index contributed by atoms with van der Waals surface area (Å²) in [5, 5.41) is 0. The van der Waals surface area contributed by atoms with Crippen LogP contribution >= 0.6 is 0 Å². The fourth-order valence-corrected chi connectivity index (χ4v) is 3.24. The molecule has 0 N–H and O–H groups in total. The first-order chi connectivity index (χ1) is 13.5. The second-order valence-corrected chi connectivity index (χ2v) is 6.78. The van der Waals surface area contributed by atoms with Gasteiger partial charge < -0.3 is 24.0 Å². The number of likely N-dealkylation sites (tertiary alicyclic amines) is 1. The van der Waals surface area contributed by atoms with Crippen LogP contribution in [-0.2, 0) is 0 Å². The zero-order valence-electron chi connectivity index (χ0n) is 16.7. The van der Waals surface area contributed by atoms with E-state index in [1.54, 1.807) is 49.7 Å². The van der Waals surface area contributed by atoms with Gasteiger partial charge in [0.05, 0.1) is 20.8 Å². The highest BCUT2D eigenvalue weighted by Gasteiger charge is 2.27. The van der Waals surface area contributed by atoms with Crippen molar-refractivity contribution in [3.8, 4) is 17.4 Å². The summed E-state index contributed by atoms with van der Waals surface area (Å²) in [4.78, 5) is 25.3. The number of nitrogens with zero attached hydrogens (tertiary/aromatic N) is 4. The number of anilines is 1. The van der Waals surface area contributed by atoms with Crippen LogP contribution in [0.4, 0.5) is 5.82 Å². The lowest BCUT2D eigenvalue weighted by Gasteiger charge is -2.33. The van der Waals surface area contributed by atoms with Gasteiger partial charge >= 0.3 is 0 Å². The first-order valence-corrected chi connectivity index (χ1v) is 9.19. The molecule has 0 unspecified atom stereocenters. The highest BCUT2D eigenvalue weighted by Crippen LogP contribution is 2.29. The van der Waals surface area contributed by atoms with Crippen LogP contribution in [0.1, 0.15) is 23.2 Å². The maximum atomic E-state index is 13.0. The molecule has 0 spiro atoms. The quantitative estimate of drug-likeness (QED) is 0.753. The summed E-state index contributed by atoms with van der Waals surface area (Å²) in [7, 11) is 6.91. The number of aromatic nitrogens is 2. The number of hydrogen-bond acceptors (Lipinski definition) is 7. The lowest BCUT2D eigenvalue weighted by Crippen LogP contribution is -2.44. The van der Waals surface area contributed by atoms with E-state index in [1.165, 1.54) is 0 Å². The summed E-state index contributed by atoms with van der Waals surface area (Å²) in [5.74, 6) is 2.23. The van der Waals surface area contributed by atoms with E-state index in [0.717, 1.165) is 12.8 Å². The number of amides is 1. The van der Waals surface area contributed by atoms with Crippen molar-refractivity contribution in [2.75, 3.05) is 46.3 Å². The Morgan fingerprint density at radius 2 is 1.89 bits per heavy atom. The Morgan fingerprint density at radius 3 is 2.61 bits per heavy atom. The van der Waals surface area contributed by atoms with E-state index >= 15 is 0 Å². The Kier molecular flexibility index (Phi) is 6.18. The number of piperidine rings is 1. The lowest BCUT2D eigenvalue weighted by molar-refractivity contribution is 0.0528. The zero-order chi connectivity index (χ0) is 20.1. The summed E-state index contributed by atoms with van der Waals surface area (Å²) in [6, 6.07) is 5.20. The van der Waals surface area contributed by atoms with Gasteiger partial charge in [0.15, 0.2) is 17.3 Å². The van der Waals surface area contributed by atoms with Crippen LogP contribution in [-0.4, -0.2) is 68.3 Å². The molecule has 1 aliphatic heterocycles. The van der Waals surface area contributed by atoms with Crippen LogP contribution in [0.15, 0.2) is 30.6 Å². The number of carbonyl (C=O) groups is 1. The molecule has 2 aromatic rings. The number of carbonyl (C=O) groups excluding carboxylic acids is 1. The van der Waals surface area contributed by atoms with Crippen molar-refractivity contribution in [2.24, 2.45) is 0 Å². The minimum Gasteiger partial charge on any atom is -0.493 e. The Hall–Kier alpha value is -3.03. The van der Waals surface area contributed by atoms with Gasteiger partial charge in [-0.05, 0) is 31.0 Å². The third-order valence-electron chi connectivity index (χ3n) is 4.64. The minimum atomic E-state index is -0.131. The Bertz CT molecular complexity index is 828. The molecule has 1 aliphatic rings. The molecule has 0 radical (unpaired) electrons. The third-order valence-corrected chi connectivity index (χ3v) is 4.64. The van der Waals surface area contributed by atoms with Crippen LogP contribution in [0.2, 0.25) is 0 Å². The van der Waals surface area contributed by atoms with E-state index in [-0.39, 0.29) is 12.0 Å². The van der Waals surface area contributed by atoms with Gasteiger partial charge in [-0.1, -0.05) is 0 Å². The van der Waals surface area contributed by atoms with Crippen LogP contribution in [0.3, 0.4) is 0 Å². The molecule has 0 bridgehead atoms. The molecule has 1 aromatic carbocycles. The van der Waals surface area contributed by atoms with Gasteiger partial charge in [-0.15, -0.1) is 0 Å². The fraction of sp³-hybridized carbons (Fsp3) is 0.450. The van der Waals surface area contributed by atoms with Crippen molar-refractivity contribution >= 4 is 11.7 Å². The smallest absolute Gasteiger partial charge is 0.257 e. The molecule has 0 aliphatic carbocycles. The van der Waals surface area contributed by atoms with Crippen LogP contribution in [0.5, 0.6) is 17.4 Å². The maximum absolute atomic E-state index is 13.0. The largest absolute Gasteiger partial charge is 0.493 e. The average Bonchev–Trinajstić information content (AvgIpc) is 2.73. The standard InChI is InChI=1S/C20H26N4O4/c1-23(2)18-19(22-10-9-21-18)28-15-6-5-11-24(13-15)20(25)14-7-8-16(26-3)17(12-14)27-4/h7-10,12,15H,5-6,11,13H2,1-4H3/t15-/m0/s1. The molecule has 1 saturated heterocycles. The van der Waals surface area contributed by atoms with Gasteiger partial charge in [-0.2, -0.15) is 0 Å². The maximum Gasteiger partial charge on any atom is 0.257 e. The first kappa shape index (κ1) is 19.7. The highest BCUT2D eigenvalue weighted by molar-refractivity contribution is 5.95. The molecular weight excluding hydrogens is 360 g/mol. The lowest BCUT2D eigenvalue weighted by atomic mass is 10.1. The van der Waals surface area contributed by atoms with Gasteiger partial charge in [0, 0.05) is 38.6 Å². The van der Waals surface area contributed by atoms with Crippen molar-refractivity contribution in [1.29, 1.82) is 0 Å². The molecule has 8 heteroatoms. The van der Waals surface area contributed by atoms with Crippen LogP contribution in [0, 0.1) is 0 Å². The van der Waals surface area contributed by atoms with Crippen molar-refractivity contribution in [1.82, 2.24) is 14.9 Å². The van der Waals surface area contributed by atoms with E-state index in [1.807, 2.05) is 19.0 Å². The van der Waals surface area contributed by atoms with Crippen molar-refractivity contribution in [2.45, 2.75) is 18.9 Å². The summed E-state index contributed by atoms with van der Waals surface area (Å²) in [6.07, 6.45) is 4.84. The molecule has 28 heavy (non-hydrogen) atoms. The third kappa shape index (κ3) is 4.27. The summed E-state index contributed by atoms with van der Waals surface area (Å²) < 4.78 is 16.6. The highest BCUT2D eigenvalue weighted by atomic mass is 16.5. The van der Waals surface area contributed by atoms with E-state index < -0.39 is 0 Å². The number of ether oxygens (including phenoxy) is 3. The van der Waals surface area contributed by atoms with Gasteiger partial charge in [-0.3, -0.25) is 4.79 Å². The van der Waals surface area contributed by atoms with Crippen LogP contribution < -0.4 is 19.1 Å². The van der Waals surface area contributed by atoms with Crippen molar-refractivity contribution in [3.05, 3.63) is 36.2 Å².